The van der Waals surface area contributed by atoms with Crippen LogP contribution in [0.2, 0.25) is 15.1 Å². The first-order valence-electron chi connectivity index (χ1n) is 8.75. The van der Waals surface area contributed by atoms with Gasteiger partial charge in [0.25, 0.3) is 0 Å². The van der Waals surface area contributed by atoms with E-state index in [1.165, 1.54) is 0 Å². The lowest BCUT2D eigenvalue weighted by Crippen LogP contribution is -2.40. The topological polar surface area (TPSA) is 63.1 Å². The van der Waals surface area contributed by atoms with Crippen molar-refractivity contribution in [3.8, 4) is 17.1 Å². The van der Waals surface area contributed by atoms with Crippen molar-refractivity contribution in [3.63, 3.8) is 0 Å². The zero-order valence-electron chi connectivity index (χ0n) is 14.7. The number of nitrogens with zero attached hydrogens (tertiary/aromatic N) is 4. The molecular weight excluding hydrogens is 421 g/mol. The van der Waals surface area contributed by atoms with E-state index in [1.807, 2.05) is 17.1 Å². The summed E-state index contributed by atoms with van der Waals surface area (Å²) in [5.41, 5.74) is 4.18. The number of aromatic nitrogens is 3. The fraction of sp³-hybridized carbons (Fsp3) is 0.211. The van der Waals surface area contributed by atoms with E-state index in [9.17, 15) is 4.79 Å². The Balaban J connectivity index is 1.77. The maximum Gasteiger partial charge on any atom is 0.305 e. The first-order valence-corrected chi connectivity index (χ1v) is 9.89. The number of hydrogen-bond acceptors (Lipinski definition) is 4. The number of hydrogen-bond donors (Lipinski definition) is 1. The van der Waals surface area contributed by atoms with Crippen LogP contribution in [0.4, 0.5) is 0 Å². The van der Waals surface area contributed by atoms with Crippen LogP contribution in [0.5, 0.6) is 0 Å². The normalized spacial score (nSPS) is 14.4. The SMILES string of the molecule is O=C(NN1CCCC1)c1nc(-c2ccc(Cl)cc2)n(-c2ccc(Cl)cc2Cl)n1. The standard InChI is InChI=1S/C19H16Cl3N5O/c20-13-5-3-12(4-6-13)18-23-17(19(28)25-26-9-1-2-10-26)24-27(18)16-8-7-14(21)11-15(16)22/h3-8,11H,1-2,9-10H2,(H,25,28). The molecule has 1 aromatic heterocycles. The molecule has 1 aliphatic heterocycles. The van der Waals surface area contributed by atoms with Crippen LogP contribution in [0.1, 0.15) is 23.5 Å². The molecule has 9 heteroatoms. The van der Waals surface area contributed by atoms with Gasteiger partial charge in [0, 0.05) is 28.7 Å². The van der Waals surface area contributed by atoms with E-state index in [0.29, 0.717) is 26.6 Å². The molecule has 0 unspecified atom stereocenters. The van der Waals surface area contributed by atoms with Crippen molar-refractivity contribution in [1.29, 1.82) is 0 Å². The highest BCUT2D eigenvalue weighted by molar-refractivity contribution is 6.35. The highest BCUT2D eigenvalue weighted by Gasteiger charge is 2.22. The van der Waals surface area contributed by atoms with Gasteiger partial charge >= 0.3 is 5.91 Å². The second kappa shape index (κ2) is 8.09. The van der Waals surface area contributed by atoms with Crippen LogP contribution >= 0.6 is 34.8 Å². The third-order valence-electron chi connectivity index (χ3n) is 4.42. The second-order valence-electron chi connectivity index (χ2n) is 6.41. The summed E-state index contributed by atoms with van der Waals surface area (Å²) in [5.74, 6) is 0.177. The minimum Gasteiger partial charge on any atom is -0.282 e. The van der Waals surface area contributed by atoms with Crippen LogP contribution in [0.15, 0.2) is 42.5 Å². The lowest BCUT2D eigenvalue weighted by molar-refractivity contribution is 0.0814. The van der Waals surface area contributed by atoms with Crippen LogP contribution in [0.3, 0.4) is 0 Å². The lowest BCUT2D eigenvalue weighted by atomic mass is 10.2. The first-order chi connectivity index (χ1) is 13.5. The Labute approximate surface area is 177 Å². The van der Waals surface area contributed by atoms with Crippen molar-refractivity contribution < 1.29 is 4.79 Å². The van der Waals surface area contributed by atoms with E-state index < -0.39 is 0 Å². The number of nitrogens with one attached hydrogen (secondary N) is 1. The molecule has 3 aromatic rings. The van der Waals surface area contributed by atoms with Gasteiger partial charge < -0.3 is 0 Å². The van der Waals surface area contributed by atoms with Crippen molar-refractivity contribution in [2.24, 2.45) is 0 Å². The maximum atomic E-state index is 12.7. The van der Waals surface area contributed by atoms with Gasteiger partial charge in [-0.2, -0.15) is 0 Å². The Hall–Kier alpha value is -2.12. The van der Waals surface area contributed by atoms with Gasteiger partial charge in [-0.3, -0.25) is 10.2 Å². The molecule has 1 aliphatic rings. The highest BCUT2D eigenvalue weighted by atomic mass is 35.5. The Bertz CT molecular complexity index is 1010. The highest BCUT2D eigenvalue weighted by Crippen LogP contribution is 2.29. The molecule has 0 bridgehead atoms. The molecule has 1 saturated heterocycles. The van der Waals surface area contributed by atoms with Crippen LogP contribution in [-0.4, -0.2) is 38.8 Å². The molecule has 0 radical (unpaired) electrons. The van der Waals surface area contributed by atoms with E-state index in [2.05, 4.69) is 15.5 Å². The minimum absolute atomic E-state index is 0.0582. The average Bonchev–Trinajstić information content (AvgIpc) is 3.32. The summed E-state index contributed by atoms with van der Waals surface area (Å²) in [6.45, 7) is 1.64. The third-order valence-corrected chi connectivity index (χ3v) is 5.21. The predicted octanol–water partition coefficient (Wildman–Crippen LogP) is 4.64. The molecule has 0 atom stereocenters. The van der Waals surface area contributed by atoms with Crippen molar-refractivity contribution in [2.45, 2.75) is 12.8 Å². The monoisotopic (exact) mass is 435 g/mol. The number of carbonyl (C=O) groups excluding carboxylic acids is 1. The second-order valence-corrected chi connectivity index (χ2v) is 7.69. The van der Waals surface area contributed by atoms with E-state index in [-0.39, 0.29) is 11.7 Å². The predicted molar refractivity (Wildman–Crippen MR) is 110 cm³/mol. The summed E-state index contributed by atoms with van der Waals surface area (Å²) in [7, 11) is 0. The minimum atomic E-state index is -0.360. The molecule has 2 heterocycles. The molecule has 28 heavy (non-hydrogen) atoms. The number of hydrazine groups is 1. The van der Waals surface area contributed by atoms with E-state index >= 15 is 0 Å². The molecular formula is C19H16Cl3N5O. The van der Waals surface area contributed by atoms with Gasteiger partial charge in [0.05, 0.1) is 10.7 Å². The van der Waals surface area contributed by atoms with Gasteiger partial charge in [-0.15, -0.1) is 5.10 Å². The summed E-state index contributed by atoms with van der Waals surface area (Å²) in [6.07, 6.45) is 2.11. The molecule has 6 nitrogen and oxygen atoms in total. The smallest absolute Gasteiger partial charge is 0.282 e. The Morgan fingerprint density at radius 1 is 0.964 bits per heavy atom. The van der Waals surface area contributed by atoms with Gasteiger partial charge in [-0.25, -0.2) is 14.7 Å². The summed E-state index contributed by atoms with van der Waals surface area (Å²) >= 11 is 18.4. The molecule has 1 amide bonds. The maximum absolute atomic E-state index is 12.7. The van der Waals surface area contributed by atoms with Crippen LogP contribution in [-0.2, 0) is 0 Å². The Morgan fingerprint density at radius 2 is 1.64 bits per heavy atom. The summed E-state index contributed by atoms with van der Waals surface area (Å²) in [4.78, 5) is 17.1. The summed E-state index contributed by atoms with van der Waals surface area (Å²) in [6, 6.07) is 12.2. The van der Waals surface area contributed by atoms with Crippen LogP contribution in [0.25, 0.3) is 17.1 Å². The number of rotatable bonds is 4. The number of amides is 1. The van der Waals surface area contributed by atoms with Crippen LogP contribution < -0.4 is 5.43 Å². The zero-order valence-corrected chi connectivity index (χ0v) is 17.0. The van der Waals surface area contributed by atoms with Gasteiger partial charge in [0.2, 0.25) is 5.82 Å². The van der Waals surface area contributed by atoms with Gasteiger partial charge in [0.15, 0.2) is 5.82 Å². The molecule has 0 saturated carbocycles. The molecule has 0 aliphatic carbocycles. The van der Waals surface area contributed by atoms with Crippen molar-refractivity contribution in [1.82, 2.24) is 25.2 Å². The van der Waals surface area contributed by atoms with Crippen molar-refractivity contribution >= 4 is 40.7 Å². The fourth-order valence-corrected chi connectivity index (χ4v) is 3.65. The van der Waals surface area contributed by atoms with Gasteiger partial charge in [0.1, 0.15) is 0 Å². The van der Waals surface area contributed by atoms with Gasteiger partial charge in [-0.05, 0) is 55.3 Å². The van der Waals surface area contributed by atoms with Gasteiger partial charge in [-0.1, -0.05) is 34.8 Å². The lowest BCUT2D eigenvalue weighted by Gasteiger charge is -2.14. The van der Waals surface area contributed by atoms with Crippen LogP contribution in [0, 0.1) is 0 Å². The van der Waals surface area contributed by atoms with E-state index in [4.69, 9.17) is 34.8 Å². The Kier molecular flexibility index (Phi) is 5.55. The molecule has 4 rings (SSSR count). The number of halogens is 3. The number of carbonyl (C=O) groups is 1. The third kappa shape index (κ3) is 4.00. The molecule has 0 spiro atoms. The molecule has 1 N–H and O–H groups in total. The largest absolute Gasteiger partial charge is 0.305 e. The quantitative estimate of drug-likeness (QED) is 0.647. The fourth-order valence-electron chi connectivity index (χ4n) is 3.04. The van der Waals surface area contributed by atoms with Crippen molar-refractivity contribution in [3.05, 3.63) is 63.4 Å². The molecule has 1 fully saturated rings. The molecule has 2 aromatic carbocycles. The zero-order chi connectivity index (χ0) is 19.7. The van der Waals surface area contributed by atoms with E-state index in [1.54, 1.807) is 35.0 Å². The molecule has 144 valence electrons. The average molecular weight is 437 g/mol. The van der Waals surface area contributed by atoms with Crippen molar-refractivity contribution in [2.75, 3.05) is 13.1 Å². The Morgan fingerprint density at radius 3 is 2.32 bits per heavy atom. The van der Waals surface area contributed by atoms with E-state index in [0.717, 1.165) is 31.5 Å². The summed E-state index contributed by atoms with van der Waals surface area (Å²) in [5, 5.41) is 7.81. The summed E-state index contributed by atoms with van der Waals surface area (Å²) < 4.78 is 1.54. The first kappa shape index (κ1) is 19.2. The number of benzene rings is 2.